The van der Waals surface area contributed by atoms with E-state index in [4.69, 9.17) is 9.47 Å². The summed E-state index contributed by atoms with van der Waals surface area (Å²) in [6.45, 7) is 4.74. The summed E-state index contributed by atoms with van der Waals surface area (Å²) in [6.07, 6.45) is 0.826. The van der Waals surface area contributed by atoms with Crippen LogP contribution in [-0.4, -0.2) is 50.2 Å². The molecule has 0 aliphatic carbocycles. The van der Waals surface area contributed by atoms with E-state index >= 15 is 0 Å². The van der Waals surface area contributed by atoms with Crippen molar-refractivity contribution in [3.8, 4) is 5.75 Å². The molecule has 1 fully saturated rings. The lowest BCUT2D eigenvalue weighted by Crippen LogP contribution is -2.50. The minimum absolute atomic E-state index is 0.0227. The zero-order valence-electron chi connectivity index (χ0n) is 16.1. The summed E-state index contributed by atoms with van der Waals surface area (Å²) in [7, 11) is 1.66. The summed E-state index contributed by atoms with van der Waals surface area (Å²) < 4.78 is 11.1. The van der Waals surface area contributed by atoms with E-state index < -0.39 is 0 Å². The van der Waals surface area contributed by atoms with Gasteiger partial charge in [0.2, 0.25) is 5.91 Å². The van der Waals surface area contributed by atoms with Crippen LogP contribution in [0, 0.1) is 0 Å². The van der Waals surface area contributed by atoms with Crippen LogP contribution in [0.4, 0.5) is 0 Å². The first-order valence-electron chi connectivity index (χ1n) is 9.48. The summed E-state index contributed by atoms with van der Waals surface area (Å²) in [4.78, 5) is 14.8. The second-order valence-electron chi connectivity index (χ2n) is 6.83. The zero-order chi connectivity index (χ0) is 19.1. The standard InChI is InChI=1S/C22H28N2O3/c1-17(22(25)23-13-12-18-8-10-20(26-2)11-9-18)24-14-15-27-21(16-24)19-6-4-3-5-7-19/h3-11,17,21H,12-16H2,1-2H3,(H,23,25). The van der Waals surface area contributed by atoms with Gasteiger partial charge in [-0.15, -0.1) is 0 Å². The van der Waals surface area contributed by atoms with Gasteiger partial charge in [0.15, 0.2) is 0 Å². The van der Waals surface area contributed by atoms with Crippen LogP contribution in [0.25, 0.3) is 0 Å². The molecule has 0 spiro atoms. The van der Waals surface area contributed by atoms with Crippen molar-refractivity contribution in [1.29, 1.82) is 0 Å². The summed E-state index contributed by atoms with van der Waals surface area (Å²) in [5, 5.41) is 3.06. The molecule has 5 nitrogen and oxygen atoms in total. The maximum atomic E-state index is 12.6. The number of methoxy groups -OCH3 is 1. The smallest absolute Gasteiger partial charge is 0.237 e. The van der Waals surface area contributed by atoms with E-state index in [0.29, 0.717) is 13.2 Å². The average molecular weight is 368 g/mol. The molecule has 1 aliphatic rings. The van der Waals surface area contributed by atoms with Gasteiger partial charge in [0.05, 0.1) is 25.9 Å². The van der Waals surface area contributed by atoms with Crippen molar-refractivity contribution in [1.82, 2.24) is 10.2 Å². The van der Waals surface area contributed by atoms with Crippen molar-refractivity contribution in [3.63, 3.8) is 0 Å². The number of ether oxygens (including phenoxy) is 2. The summed E-state index contributed by atoms with van der Waals surface area (Å²) >= 11 is 0. The van der Waals surface area contributed by atoms with Crippen LogP contribution in [0.5, 0.6) is 5.75 Å². The van der Waals surface area contributed by atoms with E-state index in [1.54, 1.807) is 7.11 Å². The van der Waals surface area contributed by atoms with E-state index in [1.807, 2.05) is 49.4 Å². The van der Waals surface area contributed by atoms with Crippen molar-refractivity contribution in [2.45, 2.75) is 25.5 Å². The molecule has 1 heterocycles. The highest BCUT2D eigenvalue weighted by Crippen LogP contribution is 2.23. The van der Waals surface area contributed by atoms with E-state index in [0.717, 1.165) is 30.8 Å². The van der Waals surface area contributed by atoms with Crippen LogP contribution < -0.4 is 10.1 Å². The number of nitrogens with zero attached hydrogens (tertiary/aromatic N) is 1. The third kappa shape index (κ3) is 5.31. The second kappa shape index (κ2) is 9.53. The third-order valence-electron chi connectivity index (χ3n) is 5.07. The fourth-order valence-electron chi connectivity index (χ4n) is 3.33. The van der Waals surface area contributed by atoms with Crippen molar-refractivity contribution >= 4 is 5.91 Å². The van der Waals surface area contributed by atoms with Crippen LogP contribution in [0.1, 0.15) is 24.2 Å². The lowest BCUT2D eigenvalue weighted by molar-refractivity contribution is -0.129. The highest BCUT2D eigenvalue weighted by molar-refractivity contribution is 5.81. The van der Waals surface area contributed by atoms with Crippen LogP contribution in [-0.2, 0) is 16.0 Å². The van der Waals surface area contributed by atoms with E-state index in [-0.39, 0.29) is 18.1 Å². The molecule has 1 saturated heterocycles. The maximum Gasteiger partial charge on any atom is 0.237 e. The Morgan fingerprint density at radius 1 is 1.22 bits per heavy atom. The zero-order valence-corrected chi connectivity index (χ0v) is 16.1. The summed E-state index contributed by atoms with van der Waals surface area (Å²) in [5.41, 5.74) is 2.34. The van der Waals surface area contributed by atoms with Gasteiger partial charge in [-0.25, -0.2) is 0 Å². The summed E-state index contributed by atoms with van der Waals surface area (Å²) in [5.74, 6) is 0.911. The Hall–Kier alpha value is -2.37. The van der Waals surface area contributed by atoms with Crippen LogP contribution in [0.15, 0.2) is 54.6 Å². The quantitative estimate of drug-likeness (QED) is 0.817. The highest BCUT2D eigenvalue weighted by Gasteiger charge is 2.28. The molecule has 2 aromatic carbocycles. The molecular weight excluding hydrogens is 340 g/mol. The molecule has 144 valence electrons. The Morgan fingerprint density at radius 2 is 1.96 bits per heavy atom. The first kappa shape index (κ1) is 19.4. The number of carbonyl (C=O) groups excluding carboxylic acids is 1. The van der Waals surface area contributed by atoms with Crippen molar-refractivity contribution < 1.29 is 14.3 Å². The molecule has 0 saturated carbocycles. The van der Waals surface area contributed by atoms with Gasteiger partial charge in [-0.3, -0.25) is 9.69 Å². The van der Waals surface area contributed by atoms with Crippen LogP contribution in [0.3, 0.4) is 0 Å². The lowest BCUT2D eigenvalue weighted by Gasteiger charge is -2.36. The van der Waals surface area contributed by atoms with Gasteiger partial charge in [-0.2, -0.15) is 0 Å². The summed E-state index contributed by atoms with van der Waals surface area (Å²) in [6, 6.07) is 18.0. The molecule has 1 amide bonds. The molecule has 0 radical (unpaired) electrons. The first-order chi connectivity index (χ1) is 13.2. The topological polar surface area (TPSA) is 50.8 Å². The number of morpholine rings is 1. The van der Waals surface area contributed by atoms with Gasteiger partial charge < -0.3 is 14.8 Å². The second-order valence-corrected chi connectivity index (χ2v) is 6.83. The lowest BCUT2D eigenvalue weighted by atomic mass is 10.1. The van der Waals surface area contributed by atoms with Crippen LogP contribution >= 0.6 is 0 Å². The monoisotopic (exact) mass is 368 g/mol. The fourth-order valence-corrected chi connectivity index (χ4v) is 3.33. The number of nitrogens with one attached hydrogen (secondary N) is 1. The highest BCUT2D eigenvalue weighted by atomic mass is 16.5. The molecule has 0 bridgehead atoms. The SMILES string of the molecule is COc1ccc(CCNC(=O)C(C)N2CCOC(c3ccccc3)C2)cc1. The van der Waals surface area contributed by atoms with E-state index in [9.17, 15) is 4.79 Å². The number of hydrogen-bond acceptors (Lipinski definition) is 4. The Morgan fingerprint density at radius 3 is 2.67 bits per heavy atom. The predicted octanol–water partition coefficient (Wildman–Crippen LogP) is 2.82. The third-order valence-corrected chi connectivity index (χ3v) is 5.07. The van der Waals surface area contributed by atoms with Crippen molar-refractivity contribution in [2.24, 2.45) is 0 Å². The minimum atomic E-state index is -0.170. The van der Waals surface area contributed by atoms with Gasteiger partial charge in [-0.05, 0) is 36.6 Å². The van der Waals surface area contributed by atoms with Gasteiger partial charge in [-0.1, -0.05) is 42.5 Å². The Bertz CT molecular complexity index is 718. The largest absolute Gasteiger partial charge is 0.497 e. The van der Waals surface area contributed by atoms with Gasteiger partial charge in [0, 0.05) is 19.6 Å². The first-order valence-corrected chi connectivity index (χ1v) is 9.48. The fraction of sp³-hybridized carbons (Fsp3) is 0.409. The molecule has 1 N–H and O–H groups in total. The number of amides is 1. The number of hydrogen-bond donors (Lipinski definition) is 1. The number of rotatable bonds is 7. The molecule has 2 atom stereocenters. The van der Waals surface area contributed by atoms with Gasteiger partial charge in [0.25, 0.3) is 0 Å². The molecule has 0 aromatic heterocycles. The molecule has 2 unspecified atom stereocenters. The number of benzene rings is 2. The Balaban J connectivity index is 1.47. The molecule has 1 aliphatic heterocycles. The van der Waals surface area contributed by atoms with E-state index in [2.05, 4.69) is 22.3 Å². The number of carbonyl (C=O) groups is 1. The van der Waals surface area contributed by atoms with Crippen molar-refractivity contribution in [2.75, 3.05) is 33.4 Å². The molecule has 2 aromatic rings. The Kier molecular flexibility index (Phi) is 6.85. The average Bonchev–Trinajstić information content (AvgIpc) is 2.74. The Labute approximate surface area is 161 Å². The van der Waals surface area contributed by atoms with Gasteiger partial charge in [0.1, 0.15) is 5.75 Å². The molecule has 27 heavy (non-hydrogen) atoms. The maximum absolute atomic E-state index is 12.6. The molecular formula is C22H28N2O3. The normalized spacial score (nSPS) is 18.7. The van der Waals surface area contributed by atoms with Crippen LogP contribution in [0.2, 0.25) is 0 Å². The van der Waals surface area contributed by atoms with Crippen molar-refractivity contribution in [3.05, 3.63) is 65.7 Å². The minimum Gasteiger partial charge on any atom is -0.497 e. The van der Waals surface area contributed by atoms with E-state index in [1.165, 1.54) is 5.56 Å². The molecule has 3 rings (SSSR count). The predicted molar refractivity (Wildman–Crippen MR) is 106 cm³/mol. The van der Waals surface area contributed by atoms with Gasteiger partial charge >= 0.3 is 0 Å². The molecule has 5 heteroatoms.